The zero-order valence-corrected chi connectivity index (χ0v) is 19.4. The number of hydrogen-bond donors (Lipinski definition) is 2. The molecule has 0 spiro atoms. The highest BCUT2D eigenvalue weighted by atomic mass is 32.2. The summed E-state index contributed by atoms with van der Waals surface area (Å²) in [6.45, 7) is 3.69. The lowest BCUT2D eigenvalue weighted by Crippen LogP contribution is -2.38. The molecule has 2 N–H and O–H groups in total. The third-order valence-electron chi connectivity index (χ3n) is 4.00. The summed E-state index contributed by atoms with van der Waals surface area (Å²) >= 11 is 2.73. The van der Waals surface area contributed by atoms with Gasteiger partial charge in [-0.1, -0.05) is 36.4 Å². The van der Waals surface area contributed by atoms with E-state index >= 15 is 0 Å². The topological polar surface area (TPSA) is 92.3 Å². The van der Waals surface area contributed by atoms with Gasteiger partial charge in [0.15, 0.2) is 0 Å². The van der Waals surface area contributed by atoms with Crippen molar-refractivity contribution < 1.29 is 18.0 Å². The van der Waals surface area contributed by atoms with E-state index in [1.54, 1.807) is 13.8 Å². The van der Waals surface area contributed by atoms with Crippen LogP contribution in [0.2, 0.25) is 0 Å². The molecule has 0 aliphatic carbocycles. The number of sulfonamides is 1. The molecule has 2 amide bonds. The molecule has 2 rings (SSSR count). The summed E-state index contributed by atoms with van der Waals surface area (Å²) in [5.74, 6) is -0.943. The van der Waals surface area contributed by atoms with Crippen molar-refractivity contribution in [2.75, 3.05) is 12.3 Å². The molecule has 0 saturated heterocycles. The summed E-state index contributed by atoms with van der Waals surface area (Å²) in [6, 6.07) is 18.9. The van der Waals surface area contributed by atoms with Crippen molar-refractivity contribution >= 4 is 45.4 Å². The largest absolute Gasteiger partial charge is 0.355 e. The number of amides is 2. The predicted octanol–water partition coefficient (Wildman–Crippen LogP) is 3.30. The summed E-state index contributed by atoms with van der Waals surface area (Å²) in [5.41, 5.74) is 0. The molecule has 0 unspecified atom stereocenters. The molecule has 2 aromatic carbocycles. The fourth-order valence-electron chi connectivity index (χ4n) is 2.42. The lowest BCUT2D eigenvalue weighted by Gasteiger charge is -2.13. The molecule has 162 valence electrons. The Hall–Kier alpha value is -1.97. The first-order chi connectivity index (χ1) is 14.3. The molecular weight excluding hydrogens is 440 g/mol. The third kappa shape index (κ3) is 8.81. The van der Waals surface area contributed by atoms with Crippen LogP contribution in [0, 0.1) is 0 Å². The van der Waals surface area contributed by atoms with E-state index < -0.39 is 21.2 Å². The molecule has 0 aliphatic rings. The van der Waals surface area contributed by atoms with Crippen molar-refractivity contribution in [2.45, 2.75) is 40.6 Å². The number of carbonyl (C=O) groups excluding carboxylic acids is 2. The zero-order valence-electron chi connectivity index (χ0n) is 16.9. The summed E-state index contributed by atoms with van der Waals surface area (Å²) in [6.07, 6.45) is 0.220. The van der Waals surface area contributed by atoms with Crippen LogP contribution in [0.15, 0.2) is 70.5 Å². The molecular formula is C21H26N2O4S3. The summed E-state index contributed by atoms with van der Waals surface area (Å²) in [7, 11) is -3.75. The van der Waals surface area contributed by atoms with Crippen LogP contribution >= 0.6 is 23.5 Å². The van der Waals surface area contributed by atoms with Gasteiger partial charge in [0.2, 0.25) is 21.8 Å². The van der Waals surface area contributed by atoms with E-state index in [0.717, 1.165) is 9.79 Å². The van der Waals surface area contributed by atoms with Crippen molar-refractivity contribution in [3.8, 4) is 0 Å². The lowest BCUT2D eigenvalue weighted by atomic mass is 10.4. The van der Waals surface area contributed by atoms with Crippen LogP contribution in [0.25, 0.3) is 0 Å². The van der Waals surface area contributed by atoms with Crippen molar-refractivity contribution in [1.82, 2.24) is 10.0 Å². The number of benzene rings is 2. The molecule has 0 aromatic heterocycles. The van der Waals surface area contributed by atoms with E-state index in [0.29, 0.717) is 0 Å². The molecule has 0 heterocycles. The molecule has 30 heavy (non-hydrogen) atoms. The molecule has 0 fully saturated rings. The normalized spacial score (nSPS) is 13.3. The highest BCUT2D eigenvalue weighted by molar-refractivity contribution is 8.01. The summed E-state index contributed by atoms with van der Waals surface area (Å²) < 4.78 is 26.4. The van der Waals surface area contributed by atoms with Crippen LogP contribution in [-0.4, -0.2) is 43.0 Å². The van der Waals surface area contributed by atoms with Crippen molar-refractivity contribution in [2.24, 2.45) is 0 Å². The van der Waals surface area contributed by atoms with E-state index in [2.05, 4.69) is 10.0 Å². The second-order valence-electron chi connectivity index (χ2n) is 6.58. The average molecular weight is 467 g/mol. The number of rotatable bonds is 11. The maximum Gasteiger partial charge on any atom is 0.246 e. The molecule has 2 atom stereocenters. The van der Waals surface area contributed by atoms with Crippen molar-refractivity contribution in [3.63, 3.8) is 0 Å². The minimum absolute atomic E-state index is 0.154. The molecule has 0 radical (unpaired) electrons. The first kappa shape index (κ1) is 24.3. The van der Waals surface area contributed by atoms with Gasteiger partial charge >= 0.3 is 0 Å². The first-order valence-electron chi connectivity index (χ1n) is 9.52. The van der Waals surface area contributed by atoms with Gasteiger partial charge in [-0.15, -0.1) is 23.5 Å². The number of hydrogen-bond acceptors (Lipinski definition) is 6. The molecule has 2 aromatic rings. The Morgan fingerprint density at radius 3 is 1.80 bits per heavy atom. The van der Waals surface area contributed by atoms with Gasteiger partial charge in [-0.3, -0.25) is 14.3 Å². The van der Waals surface area contributed by atoms with Gasteiger partial charge in [0.25, 0.3) is 0 Å². The van der Waals surface area contributed by atoms with Gasteiger partial charge in [0, 0.05) is 16.3 Å². The monoisotopic (exact) mass is 466 g/mol. The van der Waals surface area contributed by atoms with Gasteiger partial charge in [0.05, 0.1) is 16.3 Å². The minimum atomic E-state index is -3.75. The highest BCUT2D eigenvalue weighted by Gasteiger charge is 2.21. The van der Waals surface area contributed by atoms with Crippen LogP contribution in [0.3, 0.4) is 0 Å². The van der Waals surface area contributed by atoms with Crippen LogP contribution < -0.4 is 10.0 Å². The Labute approximate surface area is 186 Å². The van der Waals surface area contributed by atoms with Crippen molar-refractivity contribution in [3.05, 3.63) is 60.7 Å². The summed E-state index contributed by atoms with van der Waals surface area (Å²) in [4.78, 5) is 26.2. The third-order valence-corrected chi connectivity index (χ3v) is 7.56. The minimum Gasteiger partial charge on any atom is -0.355 e. The standard InChI is InChI=1S/C21H26N2O4S3/c1-16(28-18-10-5-3-6-11-18)20(24)22-14-9-15-30(26,27)23-21(25)17(2)29-19-12-7-4-8-13-19/h3-8,10-13,16-17H,9,14-15H2,1-2H3,(H,22,24)(H,23,25)/t16-,17+/m1/s1. The Morgan fingerprint density at radius 2 is 1.30 bits per heavy atom. The first-order valence-corrected chi connectivity index (χ1v) is 12.9. The van der Waals surface area contributed by atoms with E-state index in [-0.39, 0.29) is 29.9 Å². The Morgan fingerprint density at radius 1 is 0.833 bits per heavy atom. The zero-order chi connectivity index (χ0) is 22.0. The van der Waals surface area contributed by atoms with Gasteiger partial charge in [-0.05, 0) is 44.5 Å². The van der Waals surface area contributed by atoms with Crippen LogP contribution in [0.4, 0.5) is 0 Å². The molecule has 0 saturated carbocycles. The molecule has 9 heteroatoms. The highest BCUT2D eigenvalue weighted by Crippen LogP contribution is 2.23. The second kappa shape index (κ2) is 12.0. The second-order valence-corrected chi connectivity index (χ2v) is 11.2. The fraction of sp³-hybridized carbons (Fsp3) is 0.333. The SMILES string of the molecule is C[C@H](Sc1ccccc1)C(=O)NS(=O)(=O)CCCNC(=O)[C@@H](C)Sc1ccccc1. The smallest absolute Gasteiger partial charge is 0.246 e. The lowest BCUT2D eigenvalue weighted by molar-refractivity contribution is -0.120. The van der Waals surface area contributed by atoms with Gasteiger partial charge in [0.1, 0.15) is 0 Å². The fourth-order valence-corrected chi connectivity index (χ4v) is 5.40. The van der Waals surface area contributed by atoms with E-state index in [9.17, 15) is 18.0 Å². The van der Waals surface area contributed by atoms with Gasteiger partial charge in [-0.2, -0.15) is 0 Å². The maximum absolute atomic E-state index is 12.2. The van der Waals surface area contributed by atoms with Gasteiger partial charge in [-0.25, -0.2) is 8.42 Å². The number of thioether (sulfide) groups is 2. The number of nitrogens with one attached hydrogen (secondary N) is 2. The maximum atomic E-state index is 12.2. The average Bonchev–Trinajstić information content (AvgIpc) is 2.72. The van der Waals surface area contributed by atoms with E-state index in [4.69, 9.17) is 0 Å². The number of carbonyl (C=O) groups is 2. The van der Waals surface area contributed by atoms with Crippen LogP contribution in [0.1, 0.15) is 20.3 Å². The quantitative estimate of drug-likeness (QED) is 0.390. The molecule has 0 bridgehead atoms. The van der Waals surface area contributed by atoms with Crippen molar-refractivity contribution in [1.29, 1.82) is 0 Å². The molecule has 0 aliphatic heterocycles. The Kier molecular flexibility index (Phi) is 9.74. The predicted molar refractivity (Wildman–Crippen MR) is 123 cm³/mol. The van der Waals surface area contributed by atoms with Crippen LogP contribution in [0.5, 0.6) is 0 Å². The Balaban J connectivity index is 1.70. The molecule has 6 nitrogen and oxygen atoms in total. The van der Waals surface area contributed by atoms with Crippen LogP contribution in [-0.2, 0) is 19.6 Å². The Bertz CT molecular complexity index is 922. The van der Waals surface area contributed by atoms with Gasteiger partial charge < -0.3 is 5.32 Å². The van der Waals surface area contributed by atoms with E-state index in [1.807, 2.05) is 60.7 Å². The van der Waals surface area contributed by atoms with E-state index in [1.165, 1.54) is 23.5 Å². The summed E-state index contributed by atoms with van der Waals surface area (Å²) in [5, 5.41) is 1.91.